The Morgan fingerprint density at radius 1 is 1.33 bits per heavy atom. The zero-order chi connectivity index (χ0) is 13.8. The Morgan fingerprint density at radius 3 is 2.33 bits per heavy atom. The fourth-order valence-corrected chi connectivity index (χ4v) is 2.09. The molecule has 4 heteroatoms. The van der Waals surface area contributed by atoms with Crippen LogP contribution < -0.4 is 11.1 Å². The van der Waals surface area contributed by atoms with Crippen molar-refractivity contribution in [3.05, 3.63) is 23.5 Å². The number of hydrogen-bond acceptors (Lipinski definition) is 3. The molecule has 0 unspecified atom stereocenters. The van der Waals surface area contributed by atoms with Crippen LogP contribution in [0.4, 0.5) is 5.69 Å². The van der Waals surface area contributed by atoms with Crippen LogP contribution in [0.1, 0.15) is 56.1 Å². The maximum absolute atomic E-state index is 12.2. The molecule has 4 nitrogen and oxygen atoms in total. The van der Waals surface area contributed by atoms with E-state index >= 15 is 0 Å². The predicted octanol–water partition coefficient (Wildman–Crippen LogP) is 2.67. The number of rotatable bonds is 5. The van der Waals surface area contributed by atoms with Crippen molar-refractivity contribution in [3.63, 3.8) is 0 Å². The van der Waals surface area contributed by atoms with Gasteiger partial charge in [0.05, 0.1) is 5.56 Å². The van der Waals surface area contributed by atoms with Gasteiger partial charge in [-0.1, -0.05) is 20.8 Å². The number of aryl methyl sites for hydroxylation is 1. The van der Waals surface area contributed by atoms with E-state index in [1.807, 2.05) is 6.92 Å². The highest BCUT2D eigenvalue weighted by Crippen LogP contribution is 2.21. The van der Waals surface area contributed by atoms with Gasteiger partial charge in [-0.15, -0.1) is 0 Å². The molecular formula is C14H23N3O. The van der Waals surface area contributed by atoms with Crippen molar-refractivity contribution in [1.29, 1.82) is 0 Å². The molecule has 0 saturated carbocycles. The van der Waals surface area contributed by atoms with Gasteiger partial charge in [-0.2, -0.15) is 0 Å². The highest BCUT2D eigenvalue weighted by molar-refractivity contribution is 5.99. The summed E-state index contributed by atoms with van der Waals surface area (Å²) in [6.07, 6.45) is 4.27. The summed E-state index contributed by atoms with van der Waals surface area (Å²) in [5, 5.41) is 3.10. The minimum Gasteiger partial charge on any atom is -0.398 e. The third-order valence-electron chi connectivity index (χ3n) is 3.73. The van der Waals surface area contributed by atoms with Crippen molar-refractivity contribution in [2.75, 3.05) is 5.73 Å². The Labute approximate surface area is 109 Å². The van der Waals surface area contributed by atoms with Crippen molar-refractivity contribution >= 4 is 11.6 Å². The number of anilines is 1. The number of nitrogen functional groups attached to an aromatic ring is 1. The molecule has 100 valence electrons. The van der Waals surface area contributed by atoms with E-state index in [0.717, 1.165) is 25.0 Å². The SMILES string of the molecule is CCC(CC)(CC)NC(=O)c1cnc(C)cc1N. The molecule has 1 rings (SSSR count). The summed E-state index contributed by atoms with van der Waals surface area (Å²) < 4.78 is 0. The molecule has 0 bridgehead atoms. The first kappa shape index (κ1) is 14.5. The first-order valence-electron chi connectivity index (χ1n) is 6.52. The lowest BCUT2D eigenvalue weighted by Gasteiger charge is -2.31. The Bertz CT molecular complexity index is 417. The Balaban J connectivity index is 2.94. The quantitative estimate of drug-likeness (QED) is 0.843. The molecule has 0 fully saturated rings. The number of pyridine rings is 1. The van der Waals surface area contributed by atoms with Gasteiger partial charge in [0.1, 0.15) is 0 Å². The lowest BCUT2D eigenvalue weighted by molar-refractivity contribution is 0.0889. The van der Waals surface area contributed by atoms with Crippen molar-refractivity contribution < 1.29 is 4.79 Å². The molecule has 0 aliphatic carbocycles. The zero-order valence-electron chi connectivity index (χ0n) is 11.7. The van der Waals surface area contributed by atoms with Gasteiger partial charge in [0, 0.05) is 23.1 Å². The molecule has 0 aromatic carbocycles. The van der Waals surface area contributed by atoms with Gasteiger partial charge in [0.25, 0.3) is 5.91 Å². The molecule has 1 aromatic heterocycles. The lowest BCUT2D eigenvalue weighted by Crippen LogP contribution is -2.47. The van der Waals surface area contributed by atoms with E-state index in [9.17, 15) is 4.79 Å². The number of carbonyl (C=O) groups excluding carboxylic acids is 1. The predicted molar refractivity (Wildman–Crippen MR) is 74.5 cm³/mol. The van der Waals surface area contributed by atoms with E-state index in [0.29, 0.717) is 11.3 Å². The van der Waals surface area contributed by atoms with Crippen LogP contribution >= 0.6 is 0 Å². The number of carbonyl (C=O) groups is 1. The van der Waals surface area contributed by atoms with Crippen LogP contribution in [0.25, 0.3) is 0 Å². The molecule has 0 spiro atoms. The summed E-state index contributed by atoms with van der Waals surface area (Å²) >= 11 is 0. The van der Waals surface area contributed by atoms with E-state index in [2.05, 4.69) is 31.1 Å². The standard InChI is InChI=1S/C14H23N3O/c1-5-14(6-2,7-3)17-13(18)11-9-16-10(4)8-12(11)15/h8-9H,5-7H2,1-4H3,(H2,15,16)(H,17,18). The fourth-order valence-electron chi connectivity index (χ4n) is 2.09. The Morgan fingerprint density at radius 2 is 1.89 bits per heavy atom. The van der Waals surface area contributed by atoms with Crippen molar-refractivity contribution in [2.24, 2.45) is 0 Å². The minimum absolute atomic E-state index is 0.134. The third-order valence-corrected chi connectivity index (χ3v) is 3.73. The average molecular weight is 249 g/mol. The molecule has 0 saturated heterocycles. The van der Waals surface area contributed by atoms with Gasteiger partial charge in [-0.3, -0.25) is 9.78 Å². The number of nitrogens with zero attached hydrogens (tertiary/aromatic N) is 1. The van der Waals surface area contributed by atoms with E-state index in [1.165, 1.54) is 0 Å². The molecule has 3 N–H and O–H groups in total. The second kappa shape index (κ2) is 5.85. The topological polar surface area (TPSA) is 68.0 Å². The van der Waals surface area contributed by atoms with E-state index in [1.54, 1.807) is 12.3 Å². The normalized spacial score (nSPS) is 11.3. The Hall–Kier alpha value is -1.58. The van der Waals surface area contributed by atoms with Crippen molar-refractivity contribution in [1.82, 2.24) is 10.3 Å². The van der Waals surface area contributed by atoms with Crippen LogP contribution in [0.15, 0.2) is 12.3 Å². The van der Waals surface area contributed by atoms with E-state index in [-0.39, 0.29) is 11.4 Å². The van der Waals surface area contributed by atoms with Crippen molar-refractivity contribution in [2.45, 2.75) is 52.5 Å². The molecule has 1 aromatic rings. The molecule has 0 aliphatic heterocycles. The summed E-state index contributed by atoms with van der Waals surface area (Å²) in [6.45, 7) is 8.12. The number of aromatic nitrogens is 1. The summed E-state index contributed by atoms with van der Waals surface area (Å²) in [7, 11) is 0. The molecule has 1 heterocycles. The lowest BCUT2D eigenvalue weighted by atomic mass is 9.89. The number of amides is 1. The molecule has 0 radical (unpaired) electrons. The maximum atomic E-state index is 12.2. The average Bonchev–Trinajstić information content (AvgIpc) is 2.36. The van der Waals surface area contributed by atoms with Crippen LogP contribution in [0.3, 0.4) is 0 Å². The van der Waals surface area contributed by atoms with Gasteiger partial charge < -0.3 is 11.1 Å². The largest absolute Gasteiger partial charge is 0.398 e. The number of nitrogens with one attached hydrogen (secondary N) is 1. The summed E-state index contributed by atoms with van der Waals surface area (Å²) in [5.74, 6) is -0.134. The summed E-state index contributed by atoms with van der Waals surface area (Å²) in [5.41, 5.74) is 7.48. The van der Waals surface area contributed by atoms with Crippen LogP contribution in [0.5, 0.6) is 0 Å². The van der Waals surface area contributed by atoms with Crippen LogP contribution in [0.2, 0.25) is 0 Å². The first-order valence-corrected chi connectivity index (χ1v) is 6.52. The van der Waals surface area contributed by atoms with E-state index < -0.39 is 0 Å². The number of nitrogens with two attached hydrogens (primary N) is 1. The van der Waals surface area contributed by atoms with E-state index in [4.69, 9.17) is 5.73 Å². The van der Waals surface area contributed by atoms with Crippen LogP contribution in [-0.2, 0) is 0 Å². The molecular weight excluding hydrogens is 226 g/mol. The molecule has 0 atom stereocenters. The van der Waals surface area contributed by atoms with Gasteiger partial charge in [0.2, 0.25) is 0 Å². The smallest absolute Gasteiger partial charge is 0.255 e. The second-order valence-electron chi connectivity index (χ2n) is 4.71. The number of hydrogen-bond donors (Lipinski definition) is 2. The van der Waals surface area contributed by atoms with Crippen molar-refractivity contribution in [3.8, 4) is 0 Å². The molecule has 18 heavy (non-hydrogen) atoms. The third kappa shape index (κ3) is 3.00. The summed E-state index contributed by atoms with van der Waals surface area (Å²) in [6, 6.07) is 1.72. The van der Waals surface area contributed by atoms with Gasteiger partial charge >= 0.3 is 0 Å². The van der Waals surface area contributed by atoms with Gasteiger partial charge in [-0.25, -0.2) is 0 Å². The fraction of sp³-hybridized carbons (Fsp3) is 0.571. The van der Waals surface area contributed by atoms with Crippen LogP contribution in [0, 0.1) is 6.92 Å². The highest BCUT2D eigenvalue weighted by atomic mass is 16.1. The van der Waals surface area contributed by atoms with Gasteiger partial charge in [0.15, 0.2) is 0 Å². The monoisotopic (exact) mass is 249 g/mol. The van der Waals surface area contributed by atoms with Crippen LogP contribution in [-0.4, -0.2) is 16.4 Å². The summed E-state index contributed by atoms with van der Waals surface area (Å²) in [4.78, 5) is 16.4. The zero-order valence-corrected chi connectivity index (χ0v) is 11.7. The Kier molecular flexibility index (Phi) is 4.70. The first-order chi connectivity index (χ1) is 8.48. The molecule has 0 aliphatic rings. The van der Waals surface area contributed by atoms with Gasteiger partial charge in [-0.05, 0) is 32.3 Å². The maximum Gasteiger partial charge on any atom is 0.255 e. The highest BCUT2D eigenvalue weighted by Gasteiger charge is 2.27. The second-order valence-corrected chi connectivity index (χ2v) is 4.71. The molecule has 1 amide bonds. The minimum atomic E-state index is -0.144.